The number of hydrogen-bond acceptors (Lipinski definition) is 2. The van der Waals surface area contributed by atoms with Gasteiger partial charge in [0.05, 0.1) is 4.88 Å². The first-order valence-electron chi connectivity index (χ1n) is 14.5. The molecule has 5 aromatic rings. The van der Waals surface area contributed by atoms with Crippen LogP contribution in [-0.4, -0.2) is 0 Å². The predicted molar refractivity (Wildman–Crippen MR) is 161 cm³/mol. The second kappa shape index (κ2) is 7.96. The van der Waals surface area contributed by atoms with Crippen molar-refractivity contribution in [3.05, 3.63) is 130 Å². The fourth-order valence-corrected chi connectivity index (χ4v) is 9.63. The molecule has 190 valence electrons. The zero-order chi connectivity index (χ0) is 25.6. The number of fused-ring (bicyclic) bond motifs is 13. The highest BCUT2D eigenvalue weighted by Crippen LogP contribution is 2.66. The third kappa shape index (κ3) is 2.80. The molecule has 3 aliphatic carbocycles. The lowest BCUT2D eigenvalue weighted by Gasteiger charge is -2.44. The van der Waals surface area contributed by atoms with E-state index in [0.717, 1.165) is 11.7 Å². The second-order valence-corrected chi connectivity index (χ2v) is 12.9. The van der Waals surface area contributed by atoms with Crippen LogP contribution in [0.5, 0.6) is 5.75 Å². The first-order chi connectivity index (χ1) is 19.3. The molecule has 39 heavy (non-hydrogen) atoms. The van der Waals surface area contributed by atoms with E-state index >= 15 is 0 Å². The van der Waals surface area contributed by atoms with E-state index in [2.05, 4.69) is 109 Å². The fourth-order valence-electron chi connectivity index (χ4n) is 8.77. The van der Waals surface area contributed by atoms with Crippen LogP contribution in [0.15, 0.2) is 102 Å². The molecule has 1 spiro atoms. The number of benzene rings is 4. The average Bonchev–Trinajstić information content (AvgIpc) is 3.74. The van der Waals surface area contributed by atoms with Crippen molar-refractivity contribution in [1.82, 2.24) is 0 Å². The van der Waals surface area contributed by atoms with Crippen molar-refractivity contribution in [3.63, 3.8) is 0 Å². The van der Waals surface area contributed by atoms with Crippen LogP contribution in [0.4, 0.5) is 0 Å². The van der Waals surface area contributed by atoms with Gasteiger partial charge in [-0.3, -0.25) is 0 Å². The lowest BCUT2D eigenvalue weighted by Crippen LogP contribution is -2.38. The Bertz CT molecular complexity index is 1780. The number of rotatable bonds is 2. The molecule has 0 N–H and O–H groups in total. The molecule has 0 saturated heterocycles. The standard InChI is InChI=1S/C37H30OS/c1-2-9-25(10-3-1)37(32-15-8-22-39-32)21-19-30-34-33(27-11-4-5-12-28(27)35(30)38-37)29-13-6-7-14-31(29)36(34)20-18-24-16-17-26(36)23-24/h1-15,19,21-22,24,26H,16-18,20,23H2. The fraction of sp³-hybridized carbons (Fsp3) is 0.243. The molecule has 0 radical (unpaired) electrons. The Morgan fingerprint density at radius 3 is 2.46 bits per heavy atom. The molecule has 2 heteroatoms. The molecule has 4 aromatic carbocycles. The minimum atomic E-state index is -0.636. The minimum Gasteiger partial charge on any atom is -0.471 e. The molecule has 9 rings (SSSR count). The maximum atomic E-state index is 7.42. The van der Waals surface area contributed by atoms with Crippen molar-refractivity contribution in [2.45, 2.75) is 43.1 Å². The van der Waals surface area contributed by atoms with Crippen LogP contribution in [-0.2, 0) is 11.0 Å². The molecule has 2 bridgehead atoms. The minimum absolute atomic E-state index is 0.0798. The summed E-state index contributed by atoms with van der Waals surface area (Å²) in [7, 11) is 0. The van der Waals surface area contributed by atoms with Crippen molar-refractivity contribution >= 4 is 28.2 Å². The van der Waals surface area contributed by atoms with Gasteiger partial charge in [-0.25, -0.2) is 0 Å². The molecule has 2 heterocycles. The van der Waals surface area contributed by atoms with Crippen molar-refractivity contribution in [2.75, 3.05) is 0 Å². The van der Waals surface area contributed by atoms with Crippen LogP contribution in [0.3, 0.4) is 0 Å². The first kappa shape index (κ1) is 22.2. The monoisotopic (exact) mass is 522 g/mol. The molecular weight excluding hydrogens is 492 g/mol. The van der Waals surface area contributed by atoms with Crippen molar-refractivity contribution in [1.29, 1.82) is 0 Å². The van der Waals surface area contributed by atoms with E-state index in [0.29, 0.717) is 5.92 Å². The highest BCUT2D eigenvalue weighted by atomic mass is 32.1. The topological polar surface area (TPSA) is 9.23 Å². The summed E-state index contributed by atoms with van der Waals surface area (Å²) in [4.78, 5) is 1.22. The summed E-state index contributed by atoms with van der Waals surface area (Å²) in [6, 6.07) is 33.5. The number of hydrogen-bond donors (Lipinski definition) is 0. The molecule has 2 saturated carbocycles. The Hall–Kier alpha value is -3.62. The van der Waals surface area contributed by atoms with E-state index in [9.17, 15) is 0 Å². The smallest absolute Gasteiger partial charge is 0.187 e. The summed E-state index contributed by atoms with van der Waals surface area (Å²) in [5, 5.41) is 4.72. The third-order valence-electron chi connectivity index (χ3n) is 10.4. The molecule has 1 nitrogen and oxygen atoms in total. The quantitative estimate of drug-likeness (QED) is 0.224. The molecule has 1 aromatic heterocycles. The van der Waals surface area contributed by atoms with Crippen molar-refractivity contribution in [3.8, 4) is 16.9 Å². The van der Waals surface area contributed by atoms with Crippen LogP contribution in [0.25, 0.3) is 28.0 Å². The van der Waals surface area contributed by atoms with Gasteiger partial charge in [-0.05, 0) is 82.7 Å². The predicted octanol–water partition coefficient (Wildman–Crippen LogP) is 9.73. The highest BCUT2D eigenvalue weighted by Gasteiger charge is 2.55. The Labute approximate surface area is 233 Å². The zero-order valence-electron chi connectivity index (χ0n) is 21.9. The van der Waals surface area contributed by atoms with E-state index in [-0.39, 0.29) is 5.41 Å². The molecule has 2 fully saturated rings. The van der Waals surface area contributed by atoms with E-state index in [4.69, 9.17) is 4.74 Å². The molecule has 4 aliphatic rings. The van der Waals surface area contributed by atoms with Gasteiger partial charge in [0.15, 0.2) is 5.60 Å². The van der Waals surface area contributed by atoms with Crippen molar-refractivity contribution < 1.29 is 4.74 Å². The average molecular weight is 523 g/mol. The van der Waals surface area contributed by atoms with Crippen molar-refractivity contribution in [2.24, 2.45) is 11.8 Å². The van der Waals surface area contributed by atoms with E-state index in [1.165, 1.54) is 70.0 Å². The molecule has 0 amide bonds. The molecular formula is C37H30OS. The lowest BCUT2D eigenvalue weighted by molar-refractivity contribution is 0.166. The van der Waals surface area contributed by atoms with Gasteiger partial charge in [-0.15, -0.1) is 11.3 Å². The summed E-state index contributed by atoms with van der Waals surface area (Å²) >= 11 is 1.77. The molecule has 4 atom stereocenters. The number of ether oxygens (including phenoxy) is 1. The highest BCUT2D eigenvalue weighted by molar-refractivity contribution is 7.10. The Balaban J connectivity index is 1.39. The first-order valence-corrected chi connectivity index (χ1v) is 15.3. The zero-order valence-corrected chi connectivity index (χ0v) is 22.7. The largest absolute Gasteiger partial charge is 0.471 e. The third-order valence-corrected chi connectivity index (χ3v) is 11.3. The summed E-state index contributed by atoms with van der Waals surface area (Å²) in [6.45, 7) is 0. The normalized spacial score (nSPS) is 27.8. The lowest BCUT2D eigenvalue weighted by atomic mass is 9.60. The van der Waals surface area contributed by atoms with Crippen LogP contribution in [0, 0.1) is 11.8 Å². The van der Waals surface area contributed by atoms with E-state index in [1.54, 1.807) is 22.5 Å². The van der Waals surface area contributed by atoms with Crippen LogP contribution in [0.1, 0.15) is 59.2 Å². The van der Waals surface area contributed by atoms with E-state index < -0.39 is 5.60 Å². The summed E-state index contributed by atoms with van der Waals surface area (Å²) in [5.41, 5.74) is 7.95. The summed E-state index contributed by atoms with van der Waals surface area (Å²) < 4.78 is 7.42. The van der Waals surface area contributed by atoms with Crippen LogP contribution in [0.2, 0.25) is 0 Å². The Kier molecular flexibility index (Phi) is 4.53. The van der Waals surface area contributed by atoms with Gasteiger partial charge in [0.25, 0.3) is 0 Å². The van der Waals surface area contributed by atoms with Crippen LogP contribution < -0.4 is 4.74 Å². The second-order valence-electron chi connectivity index (χ2n) is 12.0. The van der Waals surface area contributed by atoms with Gasteiger partial charge in [0.2, 0.25) is 0 Å². The van der Waals surface area contributed by atoms with Gasteiger partial charge >= 0.3 is 0 Å². The van der Waals surface area contributed by atoms with Gasteiger partial charge in [-0.1, -0.05) is 97.4 Å². The maximum Gasteiger partial charge on any atom is 0.187 e. The van der Waals surface area contributed by atoms with Gasteiger partial charge in [0.1, 0.15) is 5.75 Å². The van der Waals surface area contributed by atoms with Gasteiger partial charge < -0.3 is 4.74 Å². The van der Waals surface area contributed by atoms with Gasteiger partial charge in [0, 0.05) is 21.9 Å². The Morgan fingerprint density at radius 2 is 1.59 bits per heavy atom. The van der Waals surface area contributed by atoms with Crippen LogP contribution >= 0.6 is 11.3 Å². The van der Waals surface area contributed by atoms with E-state index in [1.807, 2.05) is 0 Å². The molecule has 4 unspecified atom stereocenters. The summed E-state index contributed by atoms with van der Waals surface area (Å²) in [5.74, 6) is 2.66. The van der Waals surface area contributed by atoms with Gasteiger partial charge in [-0.2, -0.15) is 0 Å². The molecule has 1 aliphatic heterocycles. The number of thiophene rings is 1. The SMILES string of the molecule is C1=CC(c2ccccc2)(c2cccs2)Oc2c1c1c(c3ccccc23)-c2ccccc2C12CCC1CCC2C1. The Morgan fingerprint density at radius 1 is 0.769 bits per heavy atom. The maximum absolute atomic E-state index is 7.42. The summed E-state index contributed by atoms with van der Waals surface area (Å²) in [6.07, 6.45) is 11.5.